The third kappa shape index (κ3) is 2.29. The molecule has 1 N–H and O–H groups in total. The minimum absolute atomic E-state index is 0.113. The van der Waals surface area contributed by atoms with Crippen molar-refractivity contribution in [1.29, 1.82) is 0 Å². The summed E-state index contributed by atoms with van der Waals surface area (Å²) in [6.45, 7) is 3.84. The average molecular weight is 306 g/mol. The van der Waals surface area contributed by atoms with E-state index in [0.29, 0.717) is 6.42 Å². The first-order valence-electron chi connectivity index (χ1n) is 7.31. The van der Waals surface area contributed by atoms with Crippen molar-refractivity contribution in [2.75, 3.05) is 14.2 Å². The lowest BCUT2D eigenvalue weighted by atomic mass is 9.69. The Kier molecular flexibility index (Phi) is 4.56. The molecule has 0 aromatic heterocycles. The van der Waals surface area contributed by atoms with Crippen molar-refractivity contribution >= 4 is 11.9 Å². The van der Waals surface area contributed by atoms with Crippen LogP contribution in [0.15, 0.2) is 35.5 Å². The minimum Gasteiger partial charge on any atom is -0.468 e. The third-order valence-corrected chi connectivity index (χ3v) is 4.73. The zero-order valence-corrected chi connectivity index (χ0v) is 13.3. The number of hydrogen-bond acceptors (Lipinski definition) is 5. The van der Waals surface area contributed by atoms with Crippen LogP contribution in [0, 0.1) is 17.3 Å². The Bertz CT molecular complexity index is 554. The van der Waals surface area contributed by atoms with E-state index in [2.05, 4.69) is 0 Å². The Labute approximate surface area is 130 Å². The highest BCUT2D eigenvalue weighted by molar-refractivity contribution is 6.04. The molecule has 0 fully saturated rings. The summed E-state index contributed by atoms with van der Waals surface area (Å²) >= 11 is 0. The molecule has 0 bridgehead atoms. The molecule has 0 radical (unpaired) electrons. The van der Waals surface area contributed by atoms with E-state index < -0.39 is 29.4 Å². The van der Waals surface area contributed by atoms with Gasteiger partial charge in [0.1, 0.15) is 0 Å². The van der Waals surface area contributed by atoms with Gasteiger partial charge in [0, 0.05) is 11.8 Å². The molecule has 0 amide bonds. The number of aliphatic hydroxyl groups is 1. The zero-order valence-electron chi connectivity index (χ0n) is 13.3. The fraction of sp³-hybridized carbons (Fsp3) is 0.529. The Morgan fingerprint density at radius 3 is 2.36 bits per heavy atom. The molecular formula is C17H22O5. The summed E-state index contributed by atoms with van der Waals surface area (Å²) in [5.41, 5.74) is 0.400. The van der Waals surface area contributed by atoms with Gasteiger partial charge in [-0.05, 0) is 25.8 Å². The summed E-state index contributed by atoms with van der Waals surface area (Å²) < 4.78 is 9.79. The zero-order chi connectivity index (χ0) is 16.5. The summed E-state index contributed by atoms with van der Waals surface area (Å²) in [7, 11) is 2.51. The molecule has 0 unspecified atom stereocenters. The van der Waals surface area contributed by atoms with Crippen LogP contribution in [0.4, 0.5) is 0 Å². The van der Waals surface area contributed by atoms with E-state index >= 15 is 0 Å². The van der Waals surface area contributed by atoms with E-state index in [1.165, 1.54) is 14.2 Å². The number of ether oxygens (including phenoxy) is 2. The average Bonchev–Trinajstić information content (AvgIpc) is 2.88. The second-order valence-corrected chi connectivity index (χ2v) is 5.74. The molecule has 120 valence electrons. The summed E-state index contributed by atoms with van der Waals surface area (Å²) in [6.07, 6.45) is 6.80. The number of carbonyl (C=O) groups excluding carboxylic acids is 2. The predicted octanol–water partition coefficient (Wildman–Crippen LogP) is 1.78. The van der Waals surface area contributed by atoms with Crippen LogP contribution in [0.3, 0.4) is 0 Å². The molecule has 0 saturated heterocycles. The van der Waals surface area contributed by atoms with Crippen molar-refractivity contribution in [1.82, 2.24) is 0 Å². The molecule has 0 saturated carbocycles. The number of rotatable bonds is 3. The molecule has 5 nitrogen and oxygen atoms in total. The van der Waals surface area contributed by atoms with E-state index in [4.69, 9.17) is 9.47 Å². The molecular weight excluding hydrogens is 284 g/mol. The normalized spacial score (nSPS) is 29.6. The Hall–Kier alpha value is -1.88. The SMILES string of the molecule is C/C=C(\C)C1=CC(C(=O)OC)(C(=O)OC)[C@@H]2C[C@@H](O)C=C[C@H]12. The smallest absolute Gasteiger partial charge is 0.327 e. The number of allylic oxidation sites excluding steroid dienone is 4. The number of esters is 2. The van der Waals surface area contributed by atoms with Crippen LogP contribution in [0.1, 0.15) is 20.3 Å². The van der Waals surface area contributed by atoms with Crippen LogP contribution in [0.2, 0.25) is 0 Å². The van der Waals surface area contributed by atoms with Crippen molar-refractivity contribution in [3.8, 4) is 0 Å². The minimum atomic E-state index is -1.50. The number of hydrogen-bond donors (Lipinski definition) is 1. The van der Waals surface area contributed by atoms with Gasteiger partial charge in [-0.15, -0.1) is 0 Å². The van der Waals surface area contributed by atoms with Gasteiger partial charge in [0.25, 0.3) is 0 Å². The number of carbonyl (C=O) groups is 2. The molecule has 0 aromatic rings. The summed E-state index contributed by atoms with van der Waals surface area (Å²) in [4.78, 5) is 24.9. The largest absolute Gasteiger partial charge is 0.468 e. The number of methoxy groups -OCH3 is 2. The highest BCUT2D eigenvalue weighted by Gasteiger charge is 2.60. The maximum Gasteiger partial charge on any atom is 0.327 e. The van der Waals surface area contributed by atoms with Gasteiger partial charge >= 0.3 is 11.9 Å². The fourth-order valence-corrected chi connectivity index (χ4v) is 3.49. The lowest BCUT2D eigenvalue weighted by molar-refractivity contribution is -0.169. The van der Waals surface area contributed by atoms with E-state index in [1.807, 2.05) is 26.0 Å². The highest BCUT2D eigenvalue weighted by Crippen LogP contribution is 2.53. The predicted molar refractivity (Wildman–Crippen MR) is 80.7 cm³/mol. The van der Waals surface area contributed by atoms with E-state index in [0.717, 1.165) is 11.1 Å². The monoisotopic (exact) mass is 306 g/mol. The van der Waals surface area contributed by atoms with Crippen LogP contribution in [0.25, 0.3) is 0 Å². The van der Waals surface area contributed by atoms with Crippen molar-refractivity contribution < 1.29 is 24.2 Å². The highest BCUT2D eigenvalue weighted by atomic mass is 16.5. The first-order chi connectivity index (χ1) is 10.4. The van der Waals surface area contributed by atoms with Crippen LogP contribution in [-0.4, -0.2) is 37.4 Å². The second-order valence-electron chi connectivity index (χ2n) is 5.74. The molecule has 22 heavy (non-hydrogen) atoms. The Morgan fingerprint density at radius 2 is 1.86 bits per heavy atom. The Balaban J connectivity index is 2.65. The van der Waals surface area contributed by atoms with Gasteiger partial charge in [0.05, 0.1) is 20.3 Å². The van der Waals surface area contributed by atoms with Crippen molar-refractivity contribution in [2.24, 2.45) is 17.3 Å². The third-order valence-electron chi connectivity index (χ3n) is 4.73. The van der Waals surface area contributed by atoms with Crippen molar-refractivity contribution in [2.45, 2.75) is 26.4 Å². The van der Waals surface area contributed by atoms with Gasteiger partial charge in [-0.1, -0.05) is 29.9 Å². The number of aliphatic hydroxyl groups excluding tert-OH is 1. The first kappa shape index (κ1) is 16.5. The van der Waals surface area contributed by atoms with E-state index in [-0.39, 0.29) is 5.92 Å². The fourth-order valence-electron chi connectivity index (χ4n) is 3.49. The van der Waals surface area contributed by atoms with Gasteiger partial charge in [0.15, 0.2) is 5.41 Å². The molecule has 3 atom stereocenters. The summed E-state index contributed by atoms with van der Waals surface area (Å²) in [5.74, 6) is -1.80. The van der Waals surface area contributed by atoms with Gasteiger partial charge in [-0.25, -0.2) is 0 Å². The topological polar surface area (TPSA) is 72.8 Å². The first-order valence-corrected chi connectivity index (χ1v) is 7.31. The van der Waals surface area contributed by atoms with Crippen molar-refractivity contribution in [3.05, 3.63) is 35.5 Å². The quantitative estimate of drug-likeness (QED) is 0.489. The molecule has 2 rings (SSSR count). The lowest BCUT2D eigenvalue weighted by Gasteiger charge is -2.35. The van der Waals surface area contributed by atoms with Crippen LogP contribution >= 0.6 is 0 Å². The maximum absolute atomic E-state index is 12.5. The molecule has 0 aliphatic heterocycles. The van der Waals surface area contributed by atoms with Gasteiger partial charge in [-0.3, -0.25) is 9.59 Å². The second kappa shape index (κ2) is 6.08. The van der Waals surface area contributed by atoms with Crippen LogP contribution < -0.4 is 0 Å². The lowest BCUT2D eigenvalue weighted by Crippen LogP contribution is -2.47. The molecule has 5 heteroatoms. The van der Waals surface area contributed by atoms with Crippen LogP contribution in [-0.2, 0) is 19.1 Å². The number of fused-ring (bicyclic) bond motifs is 1. The maximum atomic E-state index is 12.5. The molecule has 2 aliphatic carbocycles. The van der Waals surface area contributed by atoms with Gasteiger partial charge in [-0.2, -0.15) is 0 Å². The molecule has 0 aromatic carbocycles. The Morgan fingerprint density at radius 1 is 1.27 bits per heavy atom. The summed E-state index contributed by atoms with van der Waals surface area (Å²) in [6, 6.07) is 0. The summed E-state index contributed by atoms with van der Waals surface area (Å²) in [5, 5.41) is 9.95. The van der Waals surface area contributed by atoms with Crippen molar-refractivity contribution in [3.63, 3.8) is 0 Å². The van der Waals surface area contributed by atoms with Gasteiger partial charge in [0.2, 0.25) is 0 Å². The van der Waals surface area contributed by atoms with E-state index in [9.17, 15) is 14.7 Å². The molecule has 2 aliphatic rings. The molecule has 0 spiro atoms. The van der Waals surface area contributed by atoms with E-state index in [1.54, 1.807) is 12.2 Å². The van der Waals surface area contributed by atoms with Crippen LogP contribution in [0.5, 0.6) is 0 Å². The standard InChI is InChI=1S/C17H22O5/c1-5-10(2)13-9-17(15(19)21-3,16(20)22-4)14-8-11(18)6-7-12(13)14/h5-7,9,11-12,14,18H,8H2,1-4H3/b10-5+/t11-,12+,14+/m0/s1. The molecule has 0 heterocycles. The van der Waals surface area contributed by atoms with Gasteiger partial charge < -0.3 is 14.6 Å².